The second kappa shape index (κ2) is 4.50. The quantitative estimate of drug-likeness (QED) is 0.714. The molecule has 1 aromatic carbocycles. The second-order valence-corrected chi connectivity index (χ2v) is 5.06. The highest BCUT2D eigenvalue weighted by molar-refractivity contribution is 7.91. The first-order valence-electron chi connectivity index (χ1n) is 4.28. The van der Waals surface area contributed by atoms with Crippen LogP contribution in [0.5, 0.6) is 5.75 Å². The molecule has 0 aromatic heterocycles. The highest BCUT2D eigenvalue weighted by Crippen LogP contribution is 2.24. The summed E-state index contributed by atoms with van der Waals surface area (Å²) in [6, 6.07) is 4.21. The van der Waals surface area contributed by atoms with Gasteiger partial charge in [-0.05, 0) is 18.2 Å². The van der Waals surface area contributed by atoms with Gasteiger partial charge in [0.25, 0.3) is 0 Å². The molecule has 1 rings (SSSR count). The van der Waals surface area contributed by atoms with Crippen LogP contribution in [0.25, 0.3) is 0 Å². The molecular formula is C9H13NO4S. The molecule has 0 bridgehead atoms. The summed E-state index contributed by atoms with van der Waals surface area (Å²) < 4.78 is 28.0. The van der Waals surface area contributed by atoms with Gasteiger partial charge in [0.1, 0.15) is 5.75 Å². The van der Waals surface area contributed by atoms with Crippen molar-refractivity contribution in [3.05, 3.63) is 18.2 Å². The van der Waals surface area contributed by atoms with Gasteiger partial charge in [-0.25, -0.2) is 8.42 Å². The Morgan fingerprint density at radius 2 is 2.13 bits per heavy atom. The zero-order valence-electron chi connectivity index (χ0n) is 8.30. The normalized spacial score (nSPS) is 11.3. The first-order valence-corrected chi connectivity index (χ1v) is 5.93. The molecule has 0 atom stereocenters. The molecule has 0 heterocycles. The molecule has 84 valence electrons. The average molecular weight is 231 g/mol. The van der Waals surface area contributed by atoms with E-state index < -0.39 is 16.4 Å². The topological polar surface area (TPSA) is 89.6 Å². The number of sulfone groups is 1. The van der Waals surface area contributed by atoms with E-state index in [2.05, 4.69) is 0 Å². The van der Waals surface area contributed by atoms with Crippen LogP contribution in [-0.2, 0) is 9.84 Å². The summed E-state index contributed by atoms with van der Waals surface area (Å²) >= 11 is 0. The summed E-state index contributed by atoms with van der Waals surface area (Å²) in [5.41, 5.74) is 5.83. The largest absolute Gasteiger partial charge is 0.495 e. The summed E-state index contributed by atoms with van der Waals surface area (Å²) in [5, 5.41) is 8.60. The molecule has 0 amide bonds. The Hall–Kier alpha value is -1.27. The molecule has 0 aliphatic carbocycles. The van der Waals surface area contributed by atoms with Crippen LogP contribution in [0.3, 0.4) is 0 Å². The van der Waals surface area contributed by atoms with Gasteiger partial charge in [-0.3, -0.25) is 0 Å². The molecular weight excluding hydrogens is 218 g/mol. The molecule has 0 unspecified atom stereocenters. The number of methoxy groups -OCH3 is 1. The van der Waals surface area contributed by atoms with Gasteiger partial charge in [-0.2, -0.15) is 0 Å². The Morgan fingerprint density at radius 1 is 1.47 bits per heavy atom. The van der Waals surface area contributed by atoms with Crippen molar-refractivity contribution in [1.82, 2.24) is 0 Å². The van der Waals surface area contributed by atoms with E-state index in [1.807, 2.05) is 0 Å². The number of ether oxygens (including phenoxy) is 1. The first kappa shape index (κ1) is 11.8. The molecule has 0 aliphatic heterocycles. The van der Waals surface area contributed by atoms with Gasteiger partial charge in [0.2, 0.25) is 0 Å². The van der Waals surface area contributed by atoms with Crippen molar-refractivity contribution in [2.75, 3.05) is 25.2 Å². The third-order valence-electron chi connectivity index (χ3n) is 1.92. The van der Waals surface area contributed by atoms with Crippen LogP contribution < -0.4 is 10.5 Å². The van der Waals surface area contributed by atoms with Gasteiger partial charge in [-0.15, -0.1) is 0 Å². The van der Waals surface area contributed by atoms with E-state index >= 15 is 0 Å². The fourth-order valence-electron chi connectivity index (χ4n) is 1.14. The molecule has 1 aromatic rings. The lowest BCUT2D eigenvalue weighted by Gasteiger charge is -2.07. The molecule has 0 aliphatic rings. The van der Waals surface area contributed by atoms with Crippen LogP contribution in [-0.4, -0.2) is 33.0 Å². The Labute approximate surface area is 88.4 Å². The molecule has 0 radical (unpaired) electrons. The molecule has 5 nitrogen and oxygen atoms in total. The first-order chi connectivity index (χ1) is 7.01. The molecule has 0 spiro atoms. The van der Waals surface area contributed by atoms with E-state index in [9.17, 15) is 8.42 Å². The maximum absolute atomic E-state index is 11.5. The van der Waals surface area contributed by atoms with Crippen LogP contribution in [0.2, 0.25) is 0 Å². The summed E-state index contributed by atoms with van der Waals surface area (Å²) in [6.07, 6.45) is 0. The highest BCUT2D eigenvalue weighted by atomic mass is 32.2. The Balaban J connectivity index is 3.13. The number of aliphatic hydroxyl groups excluding tert-OH is 1. The van der Waals surface area contributed by atoms with Crippen molar-refractivity contribution in [1.29, 1.82) is 0 Å². The zero-order valence-corrected chi connectivity index (χ0v) is 9.12. The maximum Gasteiger partial charge on any atom is 0.180 e. The average Bonchev–Trinajstić information content (AvgIpc) is 2.17. The van der Waals surface area contributed by atoms with Gasteiger partial charge < -0.3 is 15.6 Å². The van der Waals surface area contributed by atoms with E-state index in [4.69, 9.17) is 15.6 Å². The molecule has 0 saturated carbocycles. The molecule has 3 N–H and O–H groups in total. The lowest BCUT2D eigenvalue weighted by molar-refractivity contribution is 0.319. The van der Waals surface area contributed by atoms with Crippen molar-refractivity contribution < 1.29 is 18.3 Å². The van der Waals surface area contributed by atoms with E-state index in [0.717, 1.165) is 0 Å². The smallest absolute Gasteiger partial charge is 0.180 e. The van der Waals surface area contributed by atoms with E-state index in [-0.39, 0.29) is 16.3 Å². The van der Waals surface area contributed by atoms with E-state index in [1.54, 1.807) is 0 Å². The number of hydrogen-bond donors (Lipinski definition) is 2. The predicted octanol–water partition coefficient (Wildman–Crippen LogP) is 0.0434. The molecule has 0 saturated heterocycles. The number of nitrogen functional groups attached to an aromatic ring is 1. The van der Waals surface area contributed by atoms with Crippen molar-refractivity contribution >= 4 is 15.5 Å². The maximum atomic E-state index is 11.5. The summed E-state index contributed by atoms with van der Waals surface area (Å²) in [7, 11) is -1.99. The molecule has 0 fully saturated rings. The lowest BCUT2D eigenvalue weighted by atomic mass is 10.3. The summed E-state index contributed by atoms with van der Waals surface area (Å²) in [6.45, 7) is -0.408. The van der Waals surface area contributed by atoms with Crippen LogP contribution in [0.15, 0.2) is 23.1 Å². The minimum absolute atomic E-state index is 0.0925. The summed E-state index contributed by atoms with van der Waals surface area (Å²) in [4.78, 5) is 0.0925. The van der Waals surface area contributed by atoms with Gasteiger partial charge in [0.15, 0.2) is 9.84 Å². The third kappa shape index (κ3) is 2.60. The number of rotatable bonds is 4. The lowest BCUT2D eigenvalue weighted by Crippen LogP contribution is -2.10. The fraction of sp³-hybridized carbons (Fsp3) is 0.333. The van der Waals surface area contributed by atoms with Crippen molar-refractivity contribution in [3.8, 4) is 5.75 Å². The number of anilines is 1. The van der Waals surface area contributed by atoms with Gasteiger partial charge in [-0.1, -0.05) is 0 Å². The van der Waals surface area contributed by atoms with E-state index in [0.29, 0.717) is 5.75 Å². The predicted molar refractivity (Wildman–Crippen MR) is 56.5 cm³/mol. The van der Waals surface area contributed by atoms with Crippen LogP contribution >= 0.6 is 0 Å². The van der Waals surface area contributed by atoms with Gasteiger partial charge in [0, 0.05) is 0 Å². The van der Waals surface area contributed by atoms with Gasteiger partial charge >= 0.3 is 0 Å². The standard InChI is InChI=1S/C9H13NO4S/c1-14-9-3-2-7(6-8(9)10)15(12,13)5-4-11/h2-3,6,11H,4-5,10H2,1H3. The number of hydrogen-bond acceptors (Lipinski definition) is 5. The highest BCUT2D eigenvalue weighted by Gasteiger charge is 2.14. The van der Waals surface area contributed by atoms with Crippen molar-refractivity contribution in [2.45, 2.75) is 4.90 Å². The van der Waals surface area contributed by atoms with Crippen LogP contribution in [0.4, 0.5) is 5.69 Å². The Bertz CT molecular complexity index is 441. The minimum Gasteiger partial charge on any atom is -0.495 e. The Kier molecular flexibility index (Phi) is 3.54. The van der Waals surface area contributed by atoms with Crippen LogP contribution in [0, 0.1) is 0 Å². The number of nitrogens with two attached hydrogens (primary N) is 1. The summed E-state index contributed by atoms with van der Waals surface area (Å²) in [5.74, 6) is 0.122. The van der Waals surface area contributed by atoms with Crippen LogP contribution in [0.1, 0.15) is 0 Å². The Morgan fingerprint density at radius 3 is 2.60 bits per heavy atom. The third-order valence-corrected chi connectivity index (χ3v) is 3.61. The second-order valence-electron chi connectivity index (χ2n) is 2.95. The monoisotopic (exact) mass is 231 g/mol. The van der Waals surface area contributed by atoms with Gasteiger partial charge in [0.05, 0.1) is 30.1 Å². The SMILES string of the molecule is COc1ccc(S(=O)(=O)CCO)cc1N. The van der Waals surface area contributed by atoms with E-state index in [1.165, 1.54) is 25.3 Å². The van der Waals surface area contributed by atoms with Crippen molar-refractivity contribution in [3.63, 3.8) is 0 Å². The zero-order chi connectivity index (χ0) is 11.5. The number of benzene rings is 1. The minimum atomic E-state index is -3.44. The molecule has 6 heteroatoms. The van der Waals surface area contributed by atoms with Crippen molar-refractivity contribution in [2.24, 2.45) is 0 Å². The number of aliphatic hydroxyl groups is 1. The molecule has 15 heavy (non-hydrogen) atoms. The fourth-order valence-corrected chi connectivity index (χ4v) is 2.20.